The topological polar surface area (TPSA) is 118 Å². The van der Waals surface area contributed by atoms with E-state index in [1.165, 1.54) is 0 Å². The zero-order valence-electron chi connectivity index (χ0n) is 7.25. The third-order valence-electron chi connectivity index (χ3n) is 2.28. The molecule has 1 fully saturated rings. The smallest absolute Gasteiger partial charge is 0.410 e. The van der Waals surface area contributed by atoms with Gasteiger partial charge in [0.15, 0.2) is 0 Å². The van der Waals surface area contributed by atoms with Gasteiger partial charge in [0.05, 0.1) is 0 Å². The first-order valence-electron chi connectivity index (χ1n) is 4.05. The van der Waals surface area contributed by atoms with Gasteiger partial charge in [-0.25, -0.2) is 9.59 Å². The van der Waals surface area contributed by atoms with Gasteiger partial charge in [-0.3, -0.25) is 4.90 Å². The first-order valence-corrected chi connectivity index (χ1v) is 4.05. The number of rotatable bonds is 1. The maximum Gasteiger partial charge on any atom is 0.410 e. The van der Waals surface area contributed by atoms with E-state index < -0.39 is 23.9 Å². The van der Waals surface area contributed by atoms with Crippen LogP contribution in [0.2, 0.25) is 0 Å². The predicted molar refractivity (Wildman–Crippen MR) is 42.6 cm³/mol. The van der Waals surface area contributed by atoms with Crippen molar-refractivity contribution in [3.63, 3.8) is 0 Å². The van der Waals surface area contributed by atoms with E-state index in [1.807, 2.05) is 0 Å². The minimum Gasteiger partial charge on any atom is -0.478 e. The Morgan fingerprint density at radius 3 is 2.29 bits per heavy atom. The summed E-state index contributed by atoms with van der Waals surface area (Å²) < 4.78 is 0. The van der Waals surface area contributed by atoms with Crippen LogP contribution in [0.4, 0.5) is 4.79 Å². The fourth-order valence-electron chi connectivity index (χ4n) is 1.49. The quantitative estimate of drug-likeness (QED) is 0.431. The van der Waals surface area contributed by atoms with Crippen molar-refractivity contribution in [2.24, 2.45) is 0 Å². The highest BCUT2D eigenvalue weighted by molar-refractivity contribution is 5.83. The van der Waals surface area contributed by atoms with Crippen LogP contribution < -0.4 is 0 Å². The van der Waals surface area contributed by atoms with Gasteiger partial charge in [-0.1, -0.05) is 0 Å². The third-order valence-corrected chi connectivity index (χ3v) is 2.28. The van der Waals surface area contributed by atoms with Crippen molar-refractivity contribution in [3.8, 4) is 0 Å². The van der Waals surface area contributed by atoms with E-state index in [2.05, 4.69) is 0 Å². The lowest BCUT2D eigenvalue weighted by molar-refractivity contribution is -0.210. The van der Waals surface area contributed by atoms with Crippen LogP contribution in [0.1, 0.15) is 12.8 Å². The van der Waals surface area contributed by atoms with Crippen molar-refractivity contribution >= 4 is 12.1 Å². The molecule has 0 aromatic carbocycles. The molecule has 0 saturated carbocycles. The molecule has 1 rings (SSSR count). The lowest BCUT2D eigenvalue weighted by Gasteiger charge is -2.41. The van der Waals surface area contributed by atoms with Crippen molar-refractivity contribution in [1.29, 1.82) is 0 Å². The van der Waals surface area contributed by atoms with Crippen molar-refractivity contribution in [2.75, 3.05) is 6.54 Å². The summed E-state index contributed by atoms with van der Waals surface area (Å²) in [5.41, 5.74) is -2.72. The first kappa shape index (κ1) is 10.7. The summed E-state index contributed by atoms with van der Waals surface area (Å²) in [6.07, 6.45) is -2.77. The fraction of sp³-hybridized carbons (Fsp3) is 0.714. The van der Waals surface area contributed by atoms with Crippen LogP contribution in [-0.2, 0) is 4.79 Å². The average Bonchev–Trinajstić information content (AvgIpc) is 2.08. The molecule has 7 nitrogen and oxygen atoms in total. The maximum absolute atomic E-state index is 10.7. The molecule has 0 aromatic rings. The molecule has 80 valence electrons. The van der Waals surface area contributed by atoms with Crippen molar-refractivity contribution in [2.45, 2.75) is 24.7 Å². The monoisotopic (exact) mass is 205 g/mol. The molecule has 1 aliphatic heterocycles. The third kappa shape index (κ3) is 1.40. The number of hydrogen-bond donors (Lipinski definition) is 4. The van der Waals surface area contributed by atoms with E-state index in [1.54, 1.807) is 0 Å². The number of carboxylic acid groups (broad SMARTS) is 2. The number of piperidine rings is 1. The van der Waals surface area contributed by atoms with Crippen LogP contribution in [0.5, 0.6) is 0 Å². The Morgan fingerprint density at radius 2 is 1.93 bits per heavy atom. The Bertz CT molecular complexity index is 267. The van der Waals surface area contributed by atoms with Crippen molar-refractivity contribution in [1.82, 2.24) is 4.90 Å². The number of carboxylic acids is 1. The SMILES string of the molecule is O=C(O)N1CCCC(O)C1(O)C(=O)O. The molecule has 0 spiro atoms. The van der Waals surface area contributed by atoms with Gasteiger partial charge in [-0.2, -0.15) is 0 Å². The molecule has 7 heteroatoms. The largest absolute Gasteiger partial charge is 0.478 e. The molecule has 14 heavy (non-hydrogen) atoms. The summed E-state index contributed by atoms with van der Waals surface area (Å²) in [4.78, 5) is 21.6. The summed E-state index contributed by atoms with van der Waals surface area (Å²) in [6, 6.07) is 0. The average molecular weight is 205 g/mol. The number of carbonyl (C=O) groups is 2. The number of aliphatic hydroxyl groups is 2. The Hall–Kier alpha value is -1.34. The zero-order chi connectivity index (χ0) is 10.9. The summed E-state index contributed by atoms with van der Waals surface area (Å²) in [7, 11) is 0. The molecule has 1 saturated heterocycles. The molecule has 2 unspecified atom stereocenters. The van der Waals surface area contributed by atoms with E-state index in [0.29, 0.717) is 11.3 Å². The van der Waals surface area contributed by atoms with Crippen LogP contribution in [0.25, 0.3) is 0 Å². The molecule has 1 aliphatic rings. The molecular weight excluding hydrogens is 194 g/mol. The van der Waals surface area contributed by atoms with Gasteiger partial charge in [0.25, 0.3) is 5.72 Å². The van der Waals surface area contributed by atoms with Crippen molar-refractivity contribution < 1.29 is 30.0 Å². The highest BCUT2D eigenvalue weighted by Crippen LogP contribution is 2.26. The summed E-state index contributed by atoms with van der Waals surface area (Å²) >= 11 is 0. The Labute approximate surface area is 79.2 Å². The Morgan fingerprint density at radius 1 is 1.36 bits per heavy atom. The highest BCUT2D eigenvalue weighted by atomic mass is 16.5. The fourth-order valence-corrected chi connectivity index (χ4v) is 1.49. The maximum atomic E-state index is 10.7. The molecule has 0 aliphatic carbocycles. The molecule has 0 radical (unpaired) electrons. The minimum atomic E-state index is -2.72. The van der Waals surface area contributed by atoms with Crippen LogP contribution in [0.3, 0.4) is 0 Å². The highest BCUT2D eigenvalue weighted by Gasteiger charge is 2.53. The van der Waals surface area contributed by atoms with Crippen LogP contribution in [0, 0.1) is 0 Å². The number of aliphatic carboxylic acids is 1. The lowest BCUT2D eigenvalue weighted by Crippen LogP contribution is -2.66. The second-order valence-corrected chi connectivity index (χ2v) is 3.12. The molecular formula is C7H11NO6. The minimum absolute atomic E-state index is 0.0621. The van der Waals surface area contributed by atoms with Gasteiger partial charge in [0, 0.05) is 6.54 Å². The van der Waals surface area contributed by atoms with E-state index in [9.17, 15) is 19.8 Å². The molecule has 4 N–H and O–H groups in total. The number of amides is 1. The second-order valence-electron chi connectivity index (χ2n) is 3.12. The van der Waals surface area contributed by atoms with E-state index in [4.69, 9.17) is 10.2 Å². The number of nitrogens with zero attached hydrogens (tertiary/aromatic N) is 1. The summed E-state index contributed by atoms with van der Waals surface area (Å²) in [6.45, 7) is -0.102. The van der Waals surface area contributed by atoms with Gasteiger partial charge in [0.2, 0.25) is 0 Å². The van der Waals surface area contributed by atoms with Crippen molar-refractivity contribution in [3.05, 3.63) is 0 Å². The van der Waals surface area contributed by atoms with E-state index >= 15 is 0 Å². The van der Waals surface area contributed by atoms with Gasteiger partial charge >= 0.3 is 12.1 Å². The van der Waals surface area contributed by atoms with Gasteiger partial charge < -0.3 is 20.4 Å². The van der Waals surface area contributed by atoms with E-state index in [-0.39, 0.29) is 13.0 Å². The van der Waals surface area contributed by atoms with Gasteiger partial charge in [-0.05, 0) is 12.8 Å². The summed E-state index contributed by atoms with van der Waals surface area (Å²) in [5, 5.41) is 36.1. The lowest BCUT2D eigenvalue weighted by atomic mass is 9.95. The first-order chi connectivity index (χ1) is 6.40. The molecule has 2 atom stereocenters. The normalized spacial score (nSPS) is 32.7. The standard InChI is InChI=1S/C7H11NO6/c9-4-2-1-3-8(6(12)13)7(4,14)5(10)11/h4,9,14H,1-3H2,(H,10,11)(H,12,13). The zero-order valence-corrected chi connectivity index (χ0v) is 7.25. The predicted octanol–water partition coefficient (Wildman–Crippen LogP) is -1.11. The van der Waals surface area contributed by atoms with Crippen LogP contribution in [-0.4, -0.2) is 55.8 Å². The summed E-state index contributed by atoms with van der Waals surface area (Å²) in [5.74, 6) is -1.76. The van der Waals surface area contributed by atoms with Gasteiger partial charge in [0.1, 0.15) is 6.10 Å². The van der Waals surface area contributed by atoms with Gasteiger partial charge in [-0.15, -0.1) is 0 Å². The van der Waals surface area contributed by atoms with E-state index in [0.717, 1.165) is 0 Å². The Kier molecular flexibility index (Phi) is 2.63. The molecule has 0 bridgehead atoms. The molecule has 1 heterocycles. The molecule has 1 amide bonds. The second kappa shape index (κ2) is 3.43. The molecule has 0 aromatic heterocycles. The number of aliphatic hydroxyl groups excluding tert-OH is 1. The number of hydrogen-bond acceptors (Lipinski definition) is 4. The Balaban J connectivity index is 3.03. The van der Waals surface area contributed by atoms with Crippen LogP contribution in [0.15, 0.2) is 0 Å². The number of likely N-dealkylation sites (tertiary alicyclic amines) is 1. The van der Waals surface area contributed by atoms with Crippen LogP contribution >= 0.6 is 0 Å².